The standard InChI is InChI=1S/C25H29FN4O2/c1-25(2,3)19-8-6-17(7-9-19)23-28-22(32-29-23)16-30-14-4-5-18(15-30)24(31)27-21-12-10-20(26)11-13-21/h6-13,18H,4-5,14-16H2,1-3H3,(H,27,31). The minimum absolute atomic E-state index is 0.0496. The summed E-state index contributed by atoms with van der Waals surface area (Å²) < 4.78 is 18.6. The molecule has 0 spiro atoms. The molecule has 6 nitrogen and oxygen atoms in total. The van der Waals surface area contributed by atoms with Gasteiger partial charge in [0, 0.05) is 17.8 Å². The van der Waals surface area contributed by atoms with Crippen molar-refractivity contribution < 1.29 is 13.7 Å². The summed E-state index contributed by atoms with van der Waals surface area (Å²) in [5.41, 5.74) is 2.87. The number of hydrogen-bond donors (Lipinski definition) is 1. The molecule has 168 valence electrons. The Labute approximate surface area is 187 Å². The van der Waals surface area contributed by atoms with E-state index in [1.807, 2.05) is 12.1 Å². The number of halogens is 1. The number of likely N-dealkylation sites (tertiary alicyclic amines) is 1. The fourth-order valence-electron chi connectivity index (χ4n) is 3.94. The molecule has 3 aromatic rings. The fraction of sp³-hybridized carbons (Fsp3) is 0.400. The number of nitrogens with one attached hydrogen (secondary N) is 1. The molecule has 1 aliphatic rings. The summed E-state index contributed by atoms with van der Waals surface area (Å²) in [6, 6.07) is 14.1. The quantitative estimate of drug-likeness (QED) is 0.608. The first kappa shape index (κ1) is 22.1. The summed E-state index contributed by atoms with van der Waals surface area (Å²) in [4.78, 5) is 19.4. The molecule has 7 heteroatoms. The molecule has 0 radical (unpaired) electrons. The number of amides is 1. The van der Waals surface area contributed by atoms with Gasteiger partial charge in [-0.1, -0.05) is 50.2 Å². The second kappa shape index (κ2) is 9.20. The topological polar surface area (TPSA) is 71.3 Å². The number of carbonyl (C=O) groups is 1. The number of nitrogens with zero attached hydrogens (tertiary/aromatic N) is 3. The second-order valence-corrected chi connectivity index (χ2v) is 9.41. The number of hydrogen-bond acceptors (Lipinski definition) is 5. The van der Waals surface area contributed by atoms with Crippen molar-refractivity contribution in [2.24, 2.45) is 5.92 Å². The summed E-state index contributed by atoms with van der Waals surface area (Å²) in [5, 5.41) is 7.02. The van der Waals surface area contributed by atoms with Gasteiger partial charge in [0.25, 0.3) is 0 Å². The van der Waals surface area contributed by atoms with Crippen molar-refractivity contribution in [1.82, 2.24) is 15.0 Å². The average Bonchev–Trinajstić information content (AvgIpc) is 3.23. The van der Waals surface area contributed by atoms with Gasteiger partial charge in [0.05, 0.1) is 12.5 Å². The highest BCUT2D eigenvalue weighted by molar-refractivity contribution is 5.92. The van der Waals surface area contributed by atoms with Crippen LogP contribution in [0.5, 0.6) is 0 Å². The maximum absolute atomic E-state index is 13.1. The molecule has 4 rings (SSSR count). The van der Waals surface area contributed by atoms with Crippen molar-refractivity contribution in [1.29, 1.82) is 0 Å². The summed E-state index contributed by atoms with van der Waals surface area (Å²) in [6.45, 7) is 8.54. The Bertz CT molecular complexity index is 1050. The minimum Gasteiger partial charge on any atom is -0.338 e. The van der Waals surface area contributed by atoms with Crippen molar-refractivity contribution in [3.8, 4) is 11.4 Å². The van der Waals surface area contributed by atoms with E-state index < -0.39 is 0 Å². The summed E-state index contributed by atoms with van der Waals surface area (Å²) >= 11 is 0. The first-order valence-corrected chi connectivity index (χ1v) is 11.0. The first-order chi connectivity index (χ1) is 15.3. The molecule has 1 atom stereocenters. The third-order valence-electron chi connectivity index (χ3n) is 5.82. The lowest BCUT2D eigenvalue weighted by atomic mass is 9.87. The van der Waals surface area contributed by atoms with Crippen LogP contribution in [0, 0.1) is 11.7 Å². The summed E-state index contributed by atoms with van der Waals surface area (Å²) in [5.74, 6) is 0.603. The van der Waals surface area contributed by atoms with Gasteiger partial charge in [-0.15, -0.1) is 0 Å². The molecular formula is C25H29FN4O2. The van der Waals surface area contributed by atoms with Crippen molar-refractivity contribution in [2.75, 3.05) is 18.4 Å². The van der Waals surface area contributed by atoms with E-state index in [0.717, 1.165) is 24.9 Å². The number of benzene rings is 2. The zero-order chi connectivity index (χ0) is 22.7. The van der Waals surface area contributed by atoms with Crippen LogP contribution in [0.25, 0.3) is 11.4 Å². The highest BCUT2D eigenvalue weighted by Gasteiger charge is 2.27. The molecular weight excluding hydrogens is 407 g/mol. The normalized spacial score (nSPS) is 17.3. The van der Waals surface area contributed by atoms with Crippen molar-refractivity contribution >= 4 is 11.6 Å². The predicted molar refractivity (Wildman–Crippen MR) is 121 cm³/mol. The van der Waals surface area contributed by atoms with Crippen LogP contribution in [0.3, 0.4) is 0 Å². The van der Waals surface area contributed by atoms with Gasteiger partial charge in [-0.05, 0) is 54.6 Å². The van der Waals surface area contributed by atoms with E-state index in [-0.39, 0.29) is 23.1 Å². The lowest BCUT2D eigenvalue weighted by Gasteiger charge is -2.30. The molecule has 2 heterocycles. The van der Waals surface area contributed by atoms with Gasteiger partial charge in [-0.25, -0.2) is 4.39 Å². The SMILES string of the molecule is CC(C)(C)c1ccc(-c2noc(CN3CCCC(C(=O)Nc4ccc(F)cc4)C3)n2)cc1. The number of carbonyl (C=O) groups excluding carboxylic acids is 1. The Kier molecular flexibility index (Phi) is 6.37. The zero-order valence-electron chi connectivity index (χ0n) is 18.8. The lowest BCUT2D eigenvalue weighted by Crippen LogP contribution is -2.40. The van der Waals surface area contributed by atoms with Gasteiger partial charge in [0.1, 0.15) is 5.82 Å². The summed E-state index contributed by atoms with van der Waals surface area (Å²) in [7, 11) is 0. The van der Waals surface area contributed by atoms with E-state index in [1.54, 1.807) is 12.1 Å². The molecule has 0 saturated carbocycles. The predicted octanol–water partition coefficient (Wildman–Crippen LogP) is 5.02. The molecule has 0 bridgehead atoms. The molecule has 1 amide bonds. The van der Waals surface area contributed by atoms with Gasteiger partial charge < -0.3 is 9.84 Å². The number of aromatic nitrogens is 2. The third kappa shape index (κ3) is 5.40. The van der Waals surface area contributed by atoms with Crippen LogP contribution in [-0.4, -0.2) is 34.0 Å². The van der Waals surface area contributed by atoms with Crippen molar-refractivity contribution in [3.05, 3.63) is 65.8 Å². The van der Waals surface area contributed by atoms with E-state index in [2.05, 4.69) is 53.3 Å². The molecule has 32 heavy (non-hydrogen) atoms. The van der Waals surface area contributed by atoms with Gasteiger partial charge in [0.15, 0.2) is 0 Å². The summed E-state index contributed by atoms with van der Waals surface area (Å²) in [6.07, 6.45) is 1.73. The molecule has 1 unspecified atom stereocenters. The Morgan fingerprint density at radius 2 is 1.88 bits per heavy atom. The van der Waals surface area contributed by atoms with Crippen LogP contribution in [0.4, 0.5) is 10.1 Å². The van der Waals surface area contributed by atoms with Gasteiger partial charge >= 0.3 is 0 Å². The maximum Gasteiger partial charge on any atom is 0.241 e. The van der Waals surface area contributed by atoms with Crippen LogP contribution in [0.1, 0.15) is 45.1 Å². The van der Waals surface area contributed by atoms with Crippen LogP contribution in [0.15, 0.2) is 53.1 Å². The lowest BCUT2D eigenvalue weighted by molar-refractivity contribution is -0.121. The van der Waals surface area contributed by atoms with E-state index in [0.29, 0.717) is 30.5 Å². The highest BCUT2D eigenvalue weighted by Crippen LogP contribution is 2.26. The molecule has 2 aromatic carbocycles. The van der Waals surface area contributed by atoms with Crippen LogP contribution in [0.2, 0.25) is 0 Å². The molecule has 0 aliphatic carbocycles. The minimum atomic E-state index is -0.323. The van der Waals surface area contributed by atoms with Crippen LogP contribution >= 0.6 is 0 Å². The number of anilines is 1. The van der Waals surface area contributed by atoms with E-state index in [4.69, 9.17) is 4.52 Å². The van der Waals surface area contributed by atoms with Crippen molar-refractivity contribution in [2.45, 2.75) is 45.6 Å². The maximum atomic E-state index is 13.1. The third-order valence-corrected chi connectivity index (χ3v) is 5.82. The van der Waals surface area contributed by atoms with Gasteiger partial charge in [-0.2, -0.15) is 4.98 Å². The molecule has 1 saturated heterocycles. The Balaban J connectivity index is 1.35. The molecule has 1 aromatic heterocycles. The van der Waals surface area contributed by atoms with Crippen molar-refractivity contribution in [3.63, 3.8) is 0 Å². The first-order valence-electron chi connectivity index (χ1n) is 11.0. The molecule has 1 N–H and O–H groups in total. The smallest absolute Gasteiger partial charge is 0.241 e. The Morgan fingerprint density at radius 1 is 1.16 bits per heavy atom. The van der Waals surface area contributed by atoms with Crippen LogP contribution < -0.4 is 5.32 Å². The Hall–Kier alpha value is -3.06. The van der Waals surface area contributed by atoms with Gasteiger partial charge in [-0.3, -0.25) is 9.69 Å². The van der Waals surface area contributed by atoms with Crippen LogP contribution in [-0.2, 0) is 16.8 Å². The van der Waals surface area contributed by atoms with E-state index >= 15 is 0 Å². The monoisotopic (exact) mass is 436 g/mol. The fourth-order valence-corrected chi connectivity index (χ4v) is 3.94. The second-order valence-electron chi connectivity index (χ2n) is 9.41. The largest absolute Gasteiger partial charge is 0.338 e. The van der Waals surface area contributed by atoms with E-state index in [1.165, 1.54) is 17.7 Å². The molecule has 1 aliphatic heterocycles. The van der Waals surface area contributed by atoms with Gasteiger partial charge in [0.2, 0.25) is 17.6 Å². The number of piperidine rings is 1. The number of rotatable bonds is 5. The Morgan fingerprint density at radius 3 is 2.56 bits per heavy atom. The average molecular weight is 437 g/mol. The molecule has 1 fully saturated rings. The van der Waals surface area contributed by atoms with E-state index in [9.17, 15) is 9.18 Å². The highest BCUT2D eigenvalue weighted by atomic mass is 19.1. The zero-order valence-corrected chi connectivity index (χ0v) is 18.8.